The van der Waals surface area contributed by atoms with E-state index in [2.05, 4.69) is 0 Å². The summed E-state index contributed by atoms with van der Waals surface area (Å²) < 4.78 is 9.85. The van der Waals surface area contributed by atoms with E-state index in [9.17, 15) is 19.2 Å². The molecule has 0 amide bonds. The number of fused-ring (bicyclic) bond motifs is 1. The number of carbonyl (C=O) groups is 4. The largest absolute Gasteiger partial charge is 0.389 e. The molecule has 6 nitrogen and oxygen atoms in total. The third kappa shape index (κ3) is 1.67. The maximum Gasteiger partial charge on any atom is 0.346 e. The molecule has 2 aliphatic heterocycles. The molecule has 1 aromatic rings. The van der Waals surface area contributed by atoms with E-state index < -0.39 is 29.8 Å². The van der Waals surface area contributed by atoms with E-state index in [-0.39, 0.29) is 11.8 Å². The van der Waals surface area contributed by atoms with Gasteiger partial charge in [-0.05, 0) is 57.9 Å². The summed E-state index contributed by atoms with van der Waals surface area (Å²) in [5.74, 6) is -3.13. The number of hydrogen-bond acceptors (Lipinski definition) is 6. The zero-order valence-corrected chi connectivity index (χ0v) is 15.4. The summed E-state index contributed by atoms with van der Waals surface area (Å²) in [5, 5.41) is 0. The van der Waals surface area contributed by atoms with E-state index >= 15 is 0 Å². The lowest BCUT2D eigenvalue weighted by Crippen LogP contribution is -2.38. The van der Waals surface area contributed by atoms with Gasteiger partial charge in [-0.3, -0.25) is 4.79 Å². The molecule has 7 rings (SSSR count). The number of carbonyl (C=O) groups excluding carboxylic acids is 4. The molecule has 2 heterocycles. The lowest BCUT2D eigenvalue weighted by Gasteiger charge is -2.45. The van der Waals surface area contributed by atoms with Gasteiger partial charge >= 0.3 is 23.9 Å². The van der Waals surface area contributed by atoms with Crippen molar-refractivity contribution >= 4 is 29.5 Å². The maximum atomic E-state index is 12.4. The summed E-state index contributed by atoms with van der Waals surface area (Å²) in [6.07, 6.45) is 9.73. The minimum absolute atomic E-state index is 0.00153. The van der Waals surface area contributed by atoms with Gasteiger partial charge < -0.3 is 9.47 Å². The van der Waals surface area contributed by atoms with Crippen molar-refractivity contribution in [2.24, 2.45) is 5.92 Å². The van der Waals surface area contributed by atoms with Crippen LogP contribution >= 0.6 is 0 Å². The first kappa shape index (κ1) is 16.0. The number of cyclic esters (lactones) is 4. The Bertz CT molecular complexity index is 1350. The van der Waals surface area contributed by atoms with Gasteiger partial charge in [0.25, 0.3) is 0 Å². The van der Waals surface area contributed by atoms with E-state index in [1.807, 2.05) is 24.3 Å². The van der Waals surface area contributed by atoms with Gasteiger partial charge in [0.05, 0.1) is 16.7 Å². The van der Waals surface area contributed by atoms with Gasteiger partial charge in [0.15, 0.2) is 0 Å². The van der Waals surface area contributed by atoms with Crippen molar-refractivity contribution in [3.8, 4) is 0 Å². The van der Waals surface area contributed by atoms with Crippen molar-refractivity contribution in [1.82, 2.24) is 0 Å². The first-order valence-corrected chi connectivity index (χ1v) is 9.79. The molecule has 0 saturated heterocycles. The molecule has 6 aliphatic rings. The lowest BCUT2D eigenvalue weighted by atomic mass is 9.59. The van der Waals surface area contributed by atoms with Crippen LogP contribution in [0.3, 0.4) is 0 Å². The fourth-order valence-electron chi connectivity index (χ4n) is 5.81. The average Bonchev–Trinajstić information content (AvgIpc) is 2.74. The molecule has 6 heteroatoms. The monoisotopic (exact) mass is 396 g/mol. The molecule has 1 aromatic carbocycles. The molecule has 0 radical (unpaired) electrons. The highest BCUT2D eigenvalue weighted by Gasteiger charge is 2.49. The molecule has 0 N–H and O–H groups in total. The van der Waals surface area contributed by atoms with Crippen molar-refractivity contribution in [2.75, 3.05) is 0 Å². The second kappa shape index (κ2) is 5.02. The van der Waals surface area contributed by atoms with Gasteiger partial charge in [-0.2, -0.15) is 0 Å². The number of benzene rings is 1. The summed E-state index contributed by atoms with van der Waals surface area (Å²) in [7, 11) is 0. The molecule has 0 bridgehead atoms. The Hall–Kier alpha value is -3.80. The molecule has 3 atom stereocenters. The van der Waals surface area contributed by atoms with Crippen LogP contribution in [-0.2, 0) is 23.9 Å². The Morgan fingerprint density at radius 3 is 2.60 bits per heavy atom. The Morgan fingerprint density at radius 2 is 1.73 bits per heavy atom. The van der Waals surface area contributed by atoms with E-state index in [1.165, 1.54) is 0 Å². The van der Waals surface area contributed by atoms with Crippen molar-refractivity contribution in [1.29, 1.82) is 0 Å². The van der Waals surface area contributed by atoms with Crippen LogP contribution in [0.1, 0.15) is 45.3 Å². The van der Waals surface area contributed by atoms with Crippen LogP contribution in [0.4, 0.5) is 0 Å². The Morgan fingerprint density at radius 1 is 0.867 bits per heavy atom. The van der Waals surface area contributed by atoms with Crippen molar-refractivity contribution in [3.05, 3.63) is 87.1 Å². The molecule has 4 aliphatic carbocycles. The van der Waals surface area contributed by atoms with Crippen LogP contribution in [0.15, 0.2) is 64.8 Å². The zero-order chi connectivity index (χ0) is 20.3. The predicted octanol–water partition coefficient (Wildman–Crippen LogP) is 2.78. The second-order valence-electron chi connectivity index (χ2n) is 8.18. The van der Waals surface area contributed by atoms with E-state index in [1.54, 1.807) is 18.2 Å². The Kier molecular flexibility index (Phi) is 2.69. The van der Waals surface area contributed by atoms with Gasteiger partial charge in [-0.25, -0.2) is 14.4 Å². The summed E-state index contributed by atoms with van der Waals surface area (Å²) in [5.41, 5.74) is 6.61. The van der Waals surface area contributed by atoms with Crippen LogP contribution in [0, 0.1) is 5.92 Å². The summed E-state index contributed by atoms with van der Waals surface area (Å²) in [4.78, 5) is 49.5. The molecular formula is C24H12O6. The Labute approximate surface area is 169 Å². The average molecular weight is 396 g/mol. The molecule has 0 spiro atoms. The van der Waals surface area contributed by atoms with Gasteiger partial charge in [0, 0.05) is 5.92 Å². The molecular weight excluding hydrogens is 384 g/mol. The first-order valence-electron chi connectivity index (χ1n) is 9.79. The van der Waals surface area contributed by atoms with Gasteiger partial charge in [-0.15, -0.1) is 0 Å². The van der Waals surface area contributed by atoms with Crippen molar-refractivity contribution < 1.29 is 28.7 Å². The number of hydrogen-bond donors (Lipinski definition) is 0. The molecule has 0 saturated carbocycles. The molecule has 30 heavy (non-hydrogen) atoms. The third-order valence-corrected chi connectivity index (χ3v) is 6.95. The van der Waals surface area contributed by atoms with Crippen LogP contribution in [0.2, 0.25) is 0 Å². The highest BCUT2D eigenvalue weighted by atomic mass is 16.6. The quantitative estimate of drug-likeness (QED) is 0.495. The highest BCUT2D eigenvalue weighted by Crippen LogP contribution is 2.58. The topological polar surface area (TPSA) is 86.7 Å². The smallest absolute Gasteiger partial charge is 0.346 e. The molecule has 3 unspecified atom stereocenters. The zero-order valence-electron chi connectivity index (χ0n) is 15.4. The van der Waals surface area contributed by atoms with Crippen LogP contribution in [-0.4, -0.2) is 23.9 Å². The minimum atomic E-state index is -0.619. The highest BCUT2D eigenvalue weighted by molar-refractivity contribution is 6.13. The van der Waals surface area contributed by atoms with Crippen molar-refractivity contribution in [3.63, 3.8) is 0 Å². The minimum Gasteiger partial charge on any atom is -0.389 e. The predicted molar refractivity (Wildman–Crippen MR) is 102 cm³/mol. The van der Waals surface area contributed by atoms with E-state index in [4.69, 9.17) is 9.47 Å². The van der Waals surface area contributed by atoms with Gasteiger partial charge in [0.2, 0.25) is 0 Å². The number of esters is 4. The van der Waals surface area contributed by atoms with Crippen LogP contribution in [0.25, 0.3) is 5.57 Å². The summed E-state index contributed by atoms with van der Waals surface area (Å²) >= 11 is 0. The number of allylic oxidation sites excluding steroid dienone is 5. The van der Waals surface area contributed by atoms with E-state index in [0.29, 0.717) is 28.7 Å². The first-order chi connectivity index (χ1) is 14.5. The van der Waals surface area contributed by atoms with Gasteiger partial charge in [-0.1, -0.05) is 30.4 Å². The standard InChI is InChI=1S/C24H12O6/c25-21-13-5-1-9-10-2-6-15-20-16(24(28)30-23(15)27)8-4-12(18(10)20)11-3-7-14(22(26)29-21)19(13)17(9)11/h1-3,5-8,12-13,18H,4H2. The lowest BCUT2D eigenvalue weighted by molar-refractivity contribution is -0.154. The van der Waals surface area contributed by atoms with E-state index in [0.717, 1.165) is 27.8 Å². The fraction of sp³-hybridized carbons (Fsp3) is 0.167. The summed E-state index contributed by atoms with van der Waals surface area (Å²) in [6.45, 7) is 0. The Balaban J connectivity index is 1.57. The maximum absolute atomic E-state index is 12.4. The normalized spacial score (nSPS) is 29.3. The van der Waals surface area contributed by atoms with Crippen LogP contribution < -0.4 is 0 Å². The van der Waals surface area contributed by atoms with Crippen LogP contribution in [0.5, 0.6) is 0 Å². The second-order valence-corrected chi connectivity index (χ2v) is 8.18. The third-order valence-electron chi connectivity index (χ3n) is 6.95. The van der Waals surface area contributed by atoms with Crippen molar-refractivity contribution in [2.45, 2.75) is 18.3 Å². The number of ether oxygens (including phenoxy) is 2. The fourth-order valence-corrected chi connectivity index (χ4v) is 5.81. The molecule has 0 aromatic heterocycles. The SMILES string of the molecule is O=C1OC(=O)C2=C3C1=CCC1c4ccc5c6c4C(=C(C=C2)C31)C=CC6C(=O)OC5=O. The molecule has 144 valence electrons. The summed E-state index contributed by atoms with van der Waals surface area (Å²) in [6, 6.07) is 3.65. The van der Waals surface area contributed by atoms with Gasteiger partial charge in [0.1, 0.15) is 5.92 Å². The molecule has 0 fully saturated rings. The number of rotatable bonds is 0.